The fourth-order valence-electron chi connectivity index (χ4n) is 2.31. The minimum Gasteiger partial charge on any atom is -0.458 e. The fraction of sp³-hybridized carbons (Fsp3) is 0.600. The summed E-state index contributed by atoms with van der Waals surface area (Å²) in [7, 11) is 0. The molecule has 0 spiro atoms. The maximum atomic E-state index is 11.5. The van der Waals surface area contributed by atoms with Crippen molar-refractivity contribution in [1.29, 1.82) is 0 Å². The molecule has 0 aromatic carbocycles. The molecule has 80 valence electrons. The maximum absolute atomic E-state index is 11.5. The van der Waals surface area contributed by atoms with E-state index in [0.29, 0.717) is 5.57 Å². The molecule has 15 heavy (non-hydrogen) atoms. The van der Waals surface area contributed by atoms with Gasteiger partial charge in [-0.15, -0.1) is 0 Å². The van der Waals surface area contributed by atoms with Crippen LogP contribution in [-0.2, 0) is 23.8 Å². The molecular weight excluding hydrogens is 200 g/mol. The van der Waals surface area contributed by atoms with Gasteiger partial charge in [-0.05, 0) is 6.92 Å². The third kappa shape index (κ3) is 1.13. The Balaban J connectivity index is 2.04. The van der Waals surface area contributed by atoms with Crippen molar-refractivity contribution in [2.75, 3.05) is 6.61 Å². The number of rotatable bonds is 0. The molecule has 3 aliphatic heterocycles. The van der Waals surface area contributed by atoms with E-state index >= 15 is 0 Å². The zero-order chi connectivity index (χ0) is 10.6. The summed E-state index contributed by atoms with van der Waals surface area (Å²) in [5.74, 6) is -0.685. The van der Waals surface area contributed by atoms with E-state index in [4.69, 9.17) is 14.2 Å². The summed E-state index contributed by atoms with van der Waals surface area (Å²) in [6, 6.07) is 0. The van der Waals surface area contributed by atoms with Gasteiger partial charge in [0.15, 0.2) is 6.10 Å². The lowest BCUT2D eigenvalue weighted by molar-refractivity contribution is -0.143. The second-order valence-electron chi connectivity index (χ2n) is 3.95. The highest BCUT2D eigenvalue weighted by atomic mass is 16.6. The highest BCUT2D eigenvalue weighted by Crippen LogP contribution is 2.37. The highest BCUT2D eigenvalue weighted by molar-refractivity contribution is 5.94. The van der Waals surface area contributed by atoms with Gasteiger partial charge in [0.05, 0.1) is 18.1 Å². The van der Waals surface area contributed by atoms with Crippen LogP contribution in [0, 0.1) is 0 Å². The van der Waals surface area contributed by atoms with Gasteiger partial charge >= 0.3 is 11.9 Å². The third-order valence-electron chi connectivity index (χ3n) is 3.04. The van der Waals surface area contributed by atoms with E-state index in [9.17, 15) is 9.59 Å². The Morgan fingerprint density at radius 2 is 2.13 bits per heavy atom. The van der Waals surface area contributed by atoms with Gasteiger partial charge in [0.1, 0.15) is 12.7 Å². The van der Waals surface area contributed by atoms with Gasteiger partial charge in [-0.25, -0.2) is 4.79 Å². The largest absolute Gasteiger partial charge is 0.458 e. The Kier molecular flexibility index (Phi) is 1.68. The standard InChI is InChI=1S/C10H10O5/c1-4-5-3-13-10(12)8(5)9-6(14-4)2-7(11)15-9/h4,6,9H,2-3H2,1H3/t4-,6+,9-/m1/s1. The number of ether oxygens (including phenoxy) is 3. The van der Waals surface area contributed by atoms with Crippen LogP contribution in [-0.4, -0.2) is 36.9 Å². The van der Waals surface area contributed by atoms with Gasteiger partial charge in [0.2, 0.25) is 0 Å². The molecule has 3 rings (SSSR count). The Hall–Kier alpha value is -1.36. The molecule has 3 aliphatic rings. The molecule has 3 heterocycles. The van der Waals surface area contributed by atoms with Gasteiger partial charge in [-0.1, -0.05) is 0 Å². The minimum absolute atomic E-state index is 0.165. The summed E-state index contributed by atoms with van der Waals surface area (Å²) < 4.78 is 15.6. The van der Waals surface area contributed by atoms with Crippen LogP contribution in [0.5, 0.6) is 0 Å². The summed E-state index contributed by atoms with van der Waals surface area (Å²) in [4.78, 5) is 22.6. The topological polar surface area (TPSA) is 61.8 Å². The van der Waals surface area contributed by atoms with Crippen LogP contribution < -0.4 is 0 Å². The second-order valence-corrected chi connectivity index (χ2v) is 3.95. The molecular formula is C10H10O5. The number of cyclic esters (lactones) is 1. The molecule has 0 aliphatic carbocycles. The summed E-state index contributed by atoms with van der Waals surface area (Å²) in [5.41, 5.74) is 1.32. The molecule has 0 amide bonds. The van der Waals surface area contributed by atoms with Crippen molar-refractivity contribution in [3.8, 4) is 0 Å². The van der Waals surface area contributed by atoms with Crippen LogP contribution >= 0.6 is 0 Å². The fourth-order valence-corrected chi connectivity index (χ4v) is 2.31. The zero-order valence-corrected chi connectivity index (χ0v) is 8.19. The minimum atomic E-state index is -0.543. The molecule has 5 nitrogen and oxygen atoms in total. The van der Waals surface area contributed by atoms with Crippen molar-refractivity contribution >= 4 is 11.9 Å². The Bertz CT molecular complexity index is 383. The van der Waals surface area contributed by atoms with Crippen LogP contribution in [0.3, 0.4) is 0 Å². The Morgan fingerprint density at radius 1 is 1.33 bits per heavy atom. The first-order chi connectivity index (χ1) is 7.16. The number of esters is 2. The monoisotopic (exact) mass is 210 g/mol. The van der Waals surface area contributed by atoms with E-state index in [1.165, 1.54) is 0 Å². The number of hydrogen-bond donors (Lipinski definition) is 0. The number of hydrogen-bond acceptors (Lipinski definition) is 5. The molecule has 0 radical (unpaired) electrons. The van der Waals surface area contributed by atoms with Crippen LogP contribution in [0.1, 0.15) is 13.3 Å². The van der Waals surface area contributed by atoms with Crippen molar-refractivity contribution in [2.24, 2.45) is 0 Å². The first-order valence-electron chi connectivity index (χ1n) is 4.92. The lowest BCUT2D eigenvalue weighted by Gasteiger charge is -2.28. The molecule has 0 unspecified atom stereocenters. The lowest BCUT2D eigenvalue weighted by Crippen LogP contribution is -2.37. The van der Waals surface area contributed by atoms with E-state index < -0.39 is 6.10 Å². The molecule has 0 bridgehead atoms. The van der Waals surface area contributed by atoms with E-state index in [-0.39, 0.29) is 37.2 Å². The van der Waals surface area contributed by atoms with Crippen molar-refractivity contribution in [2.45, 2.75) is 31.7 Å². The molecule has 5 heteroatoms. The van der Waals surface area contributed by atoms with Crippen molar-refractivity contribution in [3.05, 3.63) is 11.1 Å². The Morgan fingerprint density at radius 3 is 2.93 bits per heavy atom. The van der Waals surface area contributed by atoms with Crippen LogP contribution in [0.15, 0.2) is 11.1 Å². The number of fused-ring (bicyclic) bond motifs is 2. The van der Waals surface area contributed by atoms with E-state index in [1.54, 1.807) is 0 Å². The molecule has 1 fully saturated rings. The van der Waals surface area contributed by atoms with E-state index in [2.05, 4.69) is 0 Å². The third-order valence-corrected chi connectivity index (χ3v) is 3.04. The molecule has 1 saturated heterocycles. The van der Waals surface area contributed by atoms with Gasteiger partial charge in [0, 0.05) is 5.57 Å². The summed E-state index contributed by atoms with van der Waals surface area (Å²) in [6.07, 6.45) is -0.809. The van der Waals surface area contributed by atoms with Crippen molar-refractivity contribution in [1.82, 2.24) is 0 Å². The Labute approximate surface area is 86.0 Å². The smallest absolute Gasteiger partial charge is 0.338 e. The summed E-state index contributed by atoms with van der Waals surface area (Å²) >= 11 is 0. The van der Waals surface area contributed by atoms with Gasteiger partial charge in [0.25, 0.3) is 0 Å². The second kappa shape index (κ2) is 2.82. The quantitative estimate of drug-likeness (QED) is 0.524. The normalized spacial score (nSPS) is 38.6. The molecule has 0 N–H and O–H groups in total. The first-order valence-corrected chi connectivity index (χ1v) is 4.92. The maximum Gasteiger partial charge on any atom is 0.338 e. The van der Waals surface area contributed by atoms with Crippen molar-refractivity contribution in [3.63, 3.8) is 0 Å². The SMILES string of the molecule is C[C@H]1O[C@H]2CC(=O)O[C@H]2C2=C1COC2=O. The highest BCUT2D eigenvalue weighted by Gasteiger charge is 2.49. The predicted molar refractivity (Wildman–Crippen MR) is 46.8 cm³/mol. The van der Waals surface area contributed by atoms with Crippen LogP contribution in [0.4, 0.5) is 0 Å². The number of carbonyl (C=O) groups is 2. The van der Waals surface area contributed by atoms with E-state index in [0.717, 1.165) is 5.57 Å². The molecule has 0 saturated carbocycles. The molecule has 0 aromatic heterocycles. The predicted octanol–water partition coefficient (Wildman–Crippen LogP) is -0.0574. The van der Waals surface area contributed by atoms with E-state index in [1.807, 2.05) is 6.92 Å². The summed E-state index contributed by atoms with van der Waals surface area (Å²) in [5, 5.41) is 0. The van der Waals surface area contributed by atoms with Gasteiger partial charge < -0.3 is 14.2 Å². The van der Waals surface area contributed by atoms with Crippen LogP contribution in [0.2, 0.25) is 0 Å². The van der Waals surface area contributed by atoms with Crippen molar-refractivity contribution < 1.29 is 23.8 Å². The van der Waals surface area contributed by atoms with Gasteiger partial charge in [-0.3, -0.25) is 4.79 Å². The first kappa shape index (κ1) is 8.91. The number of carbonyl (C=O) groups excluding carboxylic acids is 2. The molecule has 0 aromatic rings. The average molecular weight is 210 g/mol. The van der Waals surface area contributed by atoms with Gasteiger partial charge in [-0.2, -0.15) is 0 Å². The zero-order valence-electron chi connectivity index (χ0n) is 8.19. The van der Waals surface area contributed by atoms with Crippen LogP contribution in [0.25, 0.3) is 0 Å². The molecule has 3 atom stereocenters. The average Bonchev–Trinajstić information content (AvgIpc) is 2.69. The summed E-state index contributed by atoms with van der Waals surface area (Å²) in [6.45, 7) is 2.12. The lowest BCUT2D eigenvalue weighted by atomic mass is 9.94.